The van der Waals surface area contributed by atoms with E-state index in [9.17, 15) is 4.79 Å². The lowest BCUT2D eigenvalue weighted by atomic mass is 9.92. The molecule has 18 heavy (non-hydrogen) atoms. The average Bonchev–Trinajstić information content (AvgIpc) is 2.51. The van der Waals surface area contributed by atoms with Crippen LogP contribution in [-0.2, 0) is 0 Å². The lowest BCUT2D eigenvalue weighted by Gasteiger charge is -2.25. The van der Waals surface area contributed by atoms with Gasteiger partial charge in [-0.25, -0.2) is 4.79 Å². The van der Waals surface area contributed by atoms with Crippen molar-refractivity contribution in [3.8, 4) is 0 Å². The Morgan fingerprint density at radius 1 is 0.833 bits per heavy atom. The van der Waals surface area contributed by atoms with Gasteiger partial charge in [0.2, 0.25) is 0 Å². The molecule has 1 heterocycles. The highest BCUT2D eigenvalue weighted by Gasteiger charge is 2.29. The van der Waals surface area contributed by atoms with Crippen molar-refractivity contribution >= 4 is 6.03 Å². The molecule has 0 aromatic carbocycles. The van der Waals surface area contributed by atoms with Gasteiger partial charge in [0.15, 0.2) is 0 Å². The second kappa shape index (κ2) is 5.50. The molecule has 1 fully saturated rings. The van der Waals surface area contributed by atoms with Gasteiger partial charge in [-0.05, 0) is 23.7 Å². The molecule has 0 unspecified atom stereocenters. The van der Waals surface area contributed by atoms with Crippen LogP contribution in [0, 0.1) is 10.8 Å². The quantitative estimate of drug-likeness (QED) is 0.752. The average molecular weight is 254 g/mol. The van der Waals surface area contributed by atoms with Crippen molar-refractivity contribution in [3.05, 3.63) is 0 Å². The number of hydrogen-bond acceptors (Lipinski definition) is 1. The molecule has 1 aliphatic heterocycles. The van der Waals surface area contributed by atoms with E-state index < -0.39 is 0 Å². The molecule has 2 amide bonds. The first-order valence-corrected chi connectivity index (χ1v) is 7.12. The number of hydrogen-bond donors (Lipinski definition) is 0. The standard InChI is InChI=1S/C15H30N2O/c1-14(2,3)7-9-16-11-12-17(13(16)18)10-8-15(4,5)6/h7-12H2,1-6H3. The fourth-order valence-corrected chi connectivity index (χ4v) is 1.99. The summed E-state index contributed by atoms with van der Waals surface area (Å²) in [7, 11) is 0. The van der Waals surface area contributed by atoms with E-state index in [1.807, 2.05) is 9.80 Å². The third kappa shape index (κ3) is 5.28. The van der Waals surface area contributed by atoms with E-state index >= 15 is 0 Å². The minimum atomic E-state index is 0.239. The molecule has 0 saturated carbocycles. The van der Waals surface area contributed by atoms with E-state index in [2.05, 4.69) is 41.5 Å². The Bertz CT molecular complexity index is 258. The Hall–Kier alpha value is -0.730. The molecule has 1 rings (SSSR count). The fourth-order valence-electron chi connectivity index (χ4n) is 1.99. The molecule has 3 nitrogen and oxygen atoms in total. The van der Waals surface area contributed by atoms with Crippen molar-refractivity contribution in [1.29, 1.82) is 0 Å². The molecule has 1 saturated heterocycles. The van der Waals surface area contributed by atoms with Crippen molar-refractivity contribution in [2.45, 2.75) is 54.4 Å². The van der Waals surface area contributed by atoms with Crippen LogP contribution in [-0.4, -0.2) is 42.0 Å². The summed E-state index contributed by atoms with van der Waals surface area (Å²) in [6.45, 7) is 17.0. The van der Waals surface area contributed by atoms with Crippen molar-refractivity contribution < 1.29 is 4.79 Å². The van der Waals surface area contributed by atoms with Crippen LogP contribution in [0.25, 0.3) is 0 Å². The zero-order valence-electron chi connectivity index (χ0n) is 13.0. The van der Waals surface area contributed by atoms with E-state index in [-0.39, 0.29) is 6.03 Å². The summed E-state index contributed by atoms with van der Waals surface area (Å²) in [6, 6.07) is 0.239. The summed E-state index contributed by atoms with van der Waals surface area (Å²) in [5.74, 6) is 0. The van der Waals surface area contributed by atoms with Crippen LogP contribution < -0.4 is 0 Å². The van der Waals surface area contributed by atoms with Gasteiger partial charge >= 0.3 is 6.03 Å². The smallest absolute Gasteiger partial charge is 0.320 e. The van der Waals surface area contributed by atoms with Gasteiger partial charge in [-0.1, -0.05) is 41.5 Å². The van der Waals surface area contributed by atoms with Crippen LogP contribution >= 0.6 is 0 Å². The van der Waals surface area contributed by atoms with Gasteiger partial charge in [0.05, 0.1) is 0 Å². The summed E-state index contributed by atoms with van der Waals surface area (Å²) in [5.41, 5.74) is 0.609. The first-order chi connectivity index (χ1) is 8.08. The van der Waals surface area contributed by atoms with E-state index in [4.69, 9.17) is 0 Å². The number of urea groups is 1. The van der Waals surface area contributed by atoms with Gasteiger partial charge in [-0.3, -0.25) is 0 Å². The zero-order valence-corrected chi connectivity index (χ0v) is 13.0. The van der Waals surface area contributed by atoms with Gasteiger partial charge in [0.1, 0.15) is 0 Å². The van der Waals surface area contributed by atoms with E-state index in [1.54, 1.807) is 0 Å². The van der Waals surface area contributed by atoms with Gasteiger partial charge in [-0.2, -0.15) is 0 Å². The van der Waals surface area contributed by atoms with Crippen LogP contribution in [0.2, 0.25) is 0 Å². The topological polar surface area (TPSA) is 23.6 Å². The molecule has 0 N–H and O–H groups in total. The summed E-state index contributed by atoms with van der Waals surface area (Å²) in [4.78, 5) is 16.2. The molecule has 0 bridgehead atoms. The molecule has 106 valence electrons. The van der Waals surface area contributed by atoms with E-state index in [0.29, 0.717) is 10.8 Å². The van der Waals surface area contributed by atoms with Crippen molar-refractivity contribution in [3.63, 3.8) is 0 Å². The number of rotatable bonds is 4. The molecule has 1 aliphatic rings. The predicted octanol–water partition coefficient (Wildman–Crippen LogP) is 3.60. The van der Waals surface area contributed by atoms with Crippen LogP contribution in [0.15, 0.2) is 0 Å². The molecular formula is C15H30N2O. The summed E-state index contributed by atoms with van der Waals surface area (Å²) < 4.78 is 0. The highest BCUT2D eigenvalue weighted by Crippen LogP contribution is 2.23. The van der Waals surface area contributed by atoms with Crippen LogP contribution in [0.4, 0.5) is 4.79 Å². The summed E-state index contributed by atoms with van der Waals surface area (Å²) in [6.07, 6.45) is 2.15. The lowest BCUT2D eigenvalue weighted by molar-refractivity contribution is 0.181. The molecule has 3 heteroatoms. The normalized spacial score (nSPS) is 17.8. The molecule has 0 radical (unpaired) electrons. The Kier molecular flexibility index (Phi) is 4.68. The number of nitrogens with zero attached hydrogens (tertiary/aromatic N) is 2. The van der Waals surface area contributed by atoms with E-state index in [1.165, 1.54) is 0 Å². The summed E-state index contributed by atoms with van der Waals surface area (Å²) >= 11 is 0. The second-order valence-electron chi connectivity index (χ2n) is 7.88. The molecule has 0 aliphatic carbocycles. The predicted molar refractivity (Wildman–Crippen MR) is 76.7 cm³/mol. The van der Waals surface area contributed by atoms with Crippen molar-refractivity contribution in [2.24, 2.45) is 10.8 Å². The van der Waals surface area contributed by atoms with Crippen molar-refractivity contribution in [1.82, 2.24) is 9.80 Å². The molecule has 0 aromatic rings. The largest absolute Gasteiger partial charge is 0.323 e. The molecule has 0 atom stereocenters. The number of amides is 2. The second-order valence-corrected chi connectivity index (χ2v) is 7.88. The fraction of sp³-hybridized carbons (Fsp3) is 0.933. The van der Waals surface area contributed by atoms with Crippen LogP contribution in [0.1, 0.15) is 54.4 Å². The summed E-state index contributed by atoms with van der Waals surface area (Å²) in [5, 5.41) is 0. The highest BCUT2D eigenvalue weighted by molar-refractivity contribution is 5.76. The Labute approximate surface area is 113 Å². The third-order valence-electron chi connectivity index (χ3n) is 3.44. The maximum atomic E-state index is 12.2. The zero-order chi connectivity index (χ0) is 14.0. The minimum absolute atomic E-state index is 0.239. The molecule has 0 aromatic heterocycles. The Morgan fingerprint density at radius 2 is 1.17 bits per heavy atom. The van der Waals surface area contributed by atoms with Crippen LogP contribution in [0.5, 0.6) is 0 Å². The minimum Gasteiger partial charge on any atom is -0.323 e. The Balaban J connectivity index is 2.38. The SMILES string of the molecule is CC(C)(C)CCN1CCN(CCC(C)(C)C)C1=O. The number of carbonyl (C=O) groups excluding carboxylic acids is 1. The molecule has 0 spiro atoms. The third-order valence-corrected chi connectivity index (χ3v) is 3.44. The van der Waals surface area contributed by atoms with Gasteiger partial charge in [-0.15, -0.1) is 0 Å². The number of carbonyl (C=O) groups is 1. The van der Waals surface area contributed by atoms with Crippen LogP contribution in [0.3, 0.4) is 0 Å². The highest BCUT2D eigenvalue weighted by atomic mass is 16.2. The van der Waals surface area contributed by atoms with Gasteiger partial charge in [0.25, 0.3) is 0 Å². The molecular weight excluding hydrogens is 224 g/mol. The van der Waals surface area contributed by atoms with Crippen molar-refractivity contribution in [2.75, 3.05) is 26.2 Å². The van der Waals surface area contributed by atoms with Gasteiger partial charge in [0, 0.05) is 26.2 Å². The van der Waals surface area contributed by atoms with Gasteiger partial charge < -0.3 is 9.80 Å². The first-order valence-electron chi connectivity index (χ1n) is 7.12. The first kappa shape index (κ1) is 15.3. The Morgan fingerprint density at radius 3 is 1.44 bits per heavy atom. The maximum absolute atomic E-state index is 12.2. The lowest BCUT2D eigenvalue weighted by Crippen LogP contribution is -2.35. The van der Waals surface area contributed by atoms with E-state index in [0.717, 1.165) is 39.0 Å². The maximum Gasteiger partial charge on any atom is 0.320 e. The monoisotopic (exact) mass is 254 g/mol.